The molecule has 40 heavy (non-hydrogen) atoms. The van der Waals surface area contributed by atoms with E-state index in [1.54, 1.807) is 0 Å². The lowest BCUT2D eigenvalue weighted by molar-refractivity contribution is -0.277. The van der Waals surface area contributed by atoms with Gasteiger partial charge in [-0.3, -0.25) is 14.5 Å². The SMILES string of the molecule is CC(=O)NCCCCCC(=O)Nc1cccc(C2OC(CN3CCOCC3)C(C)C(c3ccc(CO)cc3)O2)c1. The van der Waals surface area contributed by atoms with Gasteiger partial charge in [0.05, 0.1) is 32.0 Å². The van der Waals surface area contributed by atoms with Crippen molar-refractivity contribution in [2.45, 2.75) is 64.6 Å². The van der Waals surface area contributed by atoms with Crippen molar-refractivity contribution < 1.29 is 28.9 Å². The highest BCUT2D eigenvalue weighted by atomic mass is 16.7. The average Bonchev–Trinajstić information content (AvgIpc) is 2.96. The Labute approximate surface area is 237 Å². The summed E-state index contributed by atoms with van der Waals surface area (Å²) in [5, 5.41) is 15.3. The van der Waals surface area contributed by atoms with E-state index >= 15 is 0 Å². The molecule has 2 aliphatic heterocycles. The Balaban J connectivity index is 1.42. The van der Waals surface area contributed by atoms with Crippen LogP contribution in [0.1, 0.15) is 68.6 Å². The highest BCUT2D eigenvalue weighted by molar-refractivity contribution is 5.90. The summed E-state index contributed by atoms with van der Waals surface area (Å²) in [7, 11) is 0. The molecule has 2 fully saturated rings. The molecule has 2 aromatic carbocycles. The van der Waals surface area contributed by atoms with E-state index in [2.05, 4.69) is 22.5 Å². The molecule has 2 heterocycles. The summed E-state index contributed by atoms with van der Waals surface area (Å²) in [5.74, 6) is 0.0341. The van der Waals surface area contributed by atoms with Crippen molar-refractivity contribution in [2.24, 2.45) is 5.92 Å². The van der Waals surface area contributed by atoms with Crippen LogP contribution in [0.15, 0.2) is 48.5 Å². The summed E-state index contributed by atoms with van der Waals surface area (Å²) in [6.45, 7) is 8.30. The predicted octanol–water partition coefficient (Wildman–Crippen LogP) is 3.94. The van der Waals surface area contributed by atoms with E-state index < -0.39 is 6.29 Å². The smallest absolute Gasteiger partial charge is 0.224 e. The van der Waals surface area contributed by atoms with Crippen molar-refractivity contribution in [1.82, 2.24) is 10.2 Å². The van der Waals surface area contributed by atoms with Crippen molar-refractivity contribution in [3.63, 3.8) is 0 Å². The highest BCUT2D eigenvalue weighted by Crippen LogP contribution is 2.42. The van der Waals surface area contributed by atoms with Crippen LogP contribution in [0.5, 0.6) is 0 Å². The maximum Gasteiger partial charge on any atom is 0.224 e. The largest absolute Gasteiger partial charge is 0.392 e. The number of unbranched alkanes of at least 4 members (excludes halogenated alkanes) is 2. The molecule has 0 radical (unpaired) electrons. The van der Waals surface area contributed by atoms with Crippen LogP contribution >= 0.6 is 0 Å². The quantitative estimate of drug-likeness (QED) is 0.342. The minimum atomic E-state index is -0.588. The van der Waals surface area contributed by atoms with Gasteiger partial charge < -0.3 is 30.0 Å². The van der Waals surface area contributed by atoms with Crippen molar-refractivity contribution >= 4 is 17.5 Å². The molecular weight excluding hydrogens is 510 g/mol. The summed E-state index contributed by atoms with van der Waals surface area (Å²) < 4.78 is 18.7. The summed E-state index contributed by atoms with van der Waals surface area (Å²) in [4.78, 5) is 25.9. The number of morpholine rings is 1. The second-order valence-electron chi connectivity index (χ2n) is 10.7. The summed E-state index contributed by atoms with van der Waals surface area (Å²) in [6, 6.07) is 15.6. The third-order valence-corrected chi connectivity index (χ3v) is 7.56. The number of aliphatic hydroxyl groups is 1. The molecule has 4 unspecified atom stereocenters. The normalized spacial score (nSPS) is 23.5. The molecular formula is C31H43N3O6. The Morgan fingerprint density at radius 1 is 1.00 bits per heavy atom. The van der Waals surface area contributed by atoms with Crippen LogP contribution in [-0.4, -0.2) is 67.3 Å². The van der Waals surface area contributed by atoms with Gasteiger partial charge in [-0.25, -0.2) is 0 Å². The minimum absolute atomic E-state index is 0.00232. The maximum absolute atomic E-state index is 12.6. The summed E-state index contributed by atoms with van der Waals surface area (Å²) in [5.41, 5.74) is 3.47. The van der Waals surface area contributed by atoms with Crippen LogP contribution < -0.4 is 10.6 Å². The molecule has 2 aliphatic rings. The number of rotatable bonds is 12. The van der Waals surface area contributed by atoms with Crippen molar-refractivity contribution in [3.8, 4) is 0 Å². The van der Waals surface area contributed by atoms with E-state index in [4.69, 9.17) is 14.2 Å². The first-order valence-corrected chi connectivity index (χ1v) is 14.4. The second-order valence-corrected chi connectivity index (χ2v) is 10.7. The molecule has 2 amide bonds. The zero-order valence-corrected chi connectivity index (χ0v) is 23.6. The Morgan fingerprint density at radius 3 is 2.50 bits per heavy atom. The van der Waals surface area contributed by atoms with Gasteiger partial charge in [0.25, 0.3) is 0 Å². The van der Waals surface area contributed by atoms with Gasteiger partial charge in [0.2, 0.25) is 11.8 Å². The average molecular weight is 554 g/mol. The fourth-order valence-electron chi connectivity index (χ4n) is 5.20. The molecule has 4 rings (SSSR count). The first kappa shape index (κ1) is 30.1. The number of hydrogen-bond donors (Lipinski definition) is 3. The highest BCUT2D eigenvalue weighted by Gasteiger charge is 2.39. The third-order valence-electron chi connectivity index (χ3n) is 7.56. The molecule has 0 spiro atoms. The maximum atomic E-state index is 12.6. The lowest BCUT2D eigenvalue weighted by Crippen LogP contribution is -2.47. The Kier molecular flexibility index (Phi) is 11.5. The van der Waals surface area contributed by atoms with Gasteiger partial charge in [-0.2, -0.15) is 0 Å². The molecule has 0 saturated carbocycles. The Hall–Kier alpha value is -2.82. The molecule has 2 aromatic rings. The lowest BCUT2D eigenvalue weighted by Gasteiger charge is -2.43. The van der Waals surface area contributed by atoms with E-state index in [-0.39, 0.29) is 36.5 Å². The summed E-state index contributed by atoms with van der Waals surface area (Å²) >= 11 is 0. The van der Waals surface area contributed by atoms with Gasteiger partial charge in [0.15, 0.2) is 6.29 Å². The monoisotopic (exact) mass is 553 g/mol. The van der Waals surface area contributed by atoms with Crippen LogP contribution in [0.2, 0.25) is 0 Å². The number of nitrogens with zero attached hydrogens (tertiary/aromatic N) is 1. The number of aliphatic hydroxyl groups excluding tert-OH is 1. The van der Waals surface area contributed by atoms with Crippen molar-refractivity contribution in [3.05, 3.63) is 65.2 Å². The predicted molar refractivity (Wildman–Crippen MR) is 152 cm³/mol. The van der Waals surface area contributed by atoms with Crippen LogP contribution in [0.4, 0.5) is 5.69 Å². The number of benzene rings is 2. The third kappa shape index (κ3) is 8.84. The Bertz CT molecular complexity index is 1090. The first-order valence-electron chi connectivity index (χ1n) is 14.4. The summed E-state index contributed by atoms with van der Waals surface area (Å²) in [6.07, 6.45) is 2.08. The minimum Gasteiger partial charge on any atom is -0.392 e. The molecule has 0 aromatic heterocycles. The fraction of sp³-hybridized carbons (Fsp3) is 0.548. The van der Waals surface area contributed by atoms with Gasteiger partial charge in [-0.1, -0.05) is 49.7 Å². The Morgan fingerprint density at radius 2 is 1.77 bits per heavy atom. The van der Waals surface area contributed by atoms with Crippen LogP contribution in [0, 0.1) is 5.92 Å². The van der Waals surface area contributed by atoms with E-state index in [9.17, 15) is 14.7 Å². The van der Waals surface area contributed by atoms with Gasteiger partial charge in [-0.05, 0) is 36.1 Å². The number of carbonyl (C=O) groups excluding carboxylic acids is 2. The number of anilines is 1. The topological polar surface area (TPSA) is 109 Å². The number of amides is 2. The fourth-order valence-corrected chi connectivity index (χ4v) is 5.20. The second kappa shape index (κ2) is 15.3. The molecule has 0 aliphatic carbocycles. The van der Waals surface area contributed by atoms with Crippen LogP contribution in [-0.2, 0) is 30.4 Å². The van der Waals surface area contributed by atoms with E-state index in [1.165, 1.54) is 6.92 Å². The van der Waals surface area contributed by atoms with Gasteiger partial charge >= 0.3 is 0 Å². The first-order chi connectivity index (χ1) is 19.4. The molecule has 2 saturated heterocycles. The van der Waals surface area contributed by atoms with Crippen LogP contribution in [0.3, 0.4) is 0 Å². The van der Waals surface area contributed by atoms with Crippen LogP contribution in [0.25, 0.3) is 0 Å². The molecule has 218 valence electrons. The molecule has 9 nitrogen and oxygen atoms in total. The molecule has 9 heteroatoms. The number of carbonyl (C=O) groups is 2. The zero-order chi connectivity index (χ0) is 28.3. The van der Waals surface area contributed by atoms with Gasteiger partial charge in [0, 0.05) is 56.7 Å². The van der Waals surface area contributed by atoms with Crippen molar-refractivity contribution in [1.29, 1.82) is 0 Å². The number of nitrogens with one attached hydrogen (secondary N) is 2. The van der Waals surface area contributed by atoms with Gasteiger partial charge in [-0.15, -0.1) is 0 Å². The van der Waals surface area contributed by atoms with E-state index in [1.807, 2.05) is 48.5 Å². The standard InChI is InChI=1S/C31H43N3O6/c1-22-28(20-34-15-17-38-18-16-34)39-31(40-30(22)25-12-10-24(21-35)11-13-25)26-7-6-8-27(19-26)33-29(37)9-4-3-5-14-32-23(2)36/h6-8,10-13,19,22,28,30-31,35H,3-5,9,14-18,20-21H2,1-2H3,(H,32,36)(H,33,37). The van der Waals surface area contributed by atoms with E-state index in [0.717, 1.165) is 68.8 Å². The molecule has 4 atom stereocenters. The number of ether oxygens (including phenoxy) is 3. The van der Waals surface area contributed by atoms with E-state index in [0.29, 0.717) is 18.7 Å². The lowest BCUT2D eigenvalue weighted by atomic mass is 9.90. The van der Waals surface area contributed by atoms with Crippen molar-refractivity contribution in [2.75, 3.05) is 44.7 Å². The molecule has 0 bridgehead atoms. The number of hydrogen-bond acceptors (Lipinski definition) is 7. The molecule has 3 N–H and O–H groups in total. The van der Waals surface area contributed by atoms with Gasteiger partial charge in [0.1, 0.15) is 0 Å². The zero-order valence-electron chi connectivity index (χ0n) is 23.6.